The summed E-state index contributed by atoms with van der Waals surface area (Å²) in [6.45, 7) is 7.72. The number of para-hydroxylation sites is 1. The van der Waals surface area contributed by atoms with Crippen LogP contribution in [0.15, 0.2) is 42.5 Å². The molecule has 5 heteroatoms. The van der Waals surface area contributed by atoms with Crippen LogP contribution < -0.4 is 15.0 Å². The van der Waals surface area contributed by atoms with Gasteiger partial charge in [0.1, 0.15) is 5.75 Å². The number of aryl methyl sites for hydroxylation is 2. The van der Waals surface area contributed by atoms with E-state index in [9.17, 15) is 9.59 Å². The number of ether oxygens (including phenoxy) is 1. The van der Waals surface area contributed by atoms with Gasteiger partial charge in [-0.1, -0.05) is 24.3 Å². The molecule has 0 unspecified atom stereocenters. The molecule has 0 aliphatic carbocycles. The van der Waals surface area contributed by atoms with Crippen molar-refractivity contribution in [1.82, 2.24) is 0 Å². The minimum atomic E-state index is -0.950. The number of hydrogen-bond donors (Lipinski definition) is 1. The molecule has 3 rings (SSSR count). The van der Waals surface area contributed by atoms with E-state index in [1.807, 2.05) is 56.3 Å². The fourth-order valence-electron chi connectivity index (χ4n) is 3.04. The minimum absolute atomic E-state index is 0.120. The monoisotopic (exact) mass is 352 g/mol. The molecular weight excluding hydrogens is 328 g/mol. The summed E-state index contributed by atoms with van der Waals surface area (Å²) in [6.07, 6.45) is 0.212. The number of amides is 2. The van der Waals surface area contributed by atoms with Gasteiger partial charge in [0.15, 0.2) is 5.60 Å². The Balaban J connectivity index is 1.76. The van der Waals surface area contributed by atoms with E-state index in [2.05, 4.69) is 5.32 Å². The van der Waals surface area contributed by atoms with Crippen molar-refractivity contribution in [3.05, 3.63) is 53.6 Å². The van der Waals surface area contributed by atoms with Gasteiger partial charge in [-0.3, -0.25) is 9.59 Å². The number of anilines is 2. The summed E-state index contributed by atoms with van der Waals surface area (Å²) in [5, 5.41) is 2.91. The molecule has 0 bridgehead atoms. The lowest BCUT2D eigenvalue weighted by Gasteiger charge is -2.38. The van der Waals surface area contributed by atoms with Gasteiger partial charge in [0.05, 0.1) is 5.69 Å². The maximum Gasteiger partial charge on any atom is 0.270 e. The molecule has 2 aromatic rings. The highest BCUT2D eigenvalue weighted by molar-refractivity contribution is 6.03. The highest BCUT2D eigenvalue weighted by atomic mass is 16.5. The molecule has 0 fully saturated rings. The highest BCUT2D eigenvalue weighted by Crippen LogP contribution is 2.38. The van der Waals surface area contributed by atoms with Crippen LogP contribution >= 0.6 is 0 Å². The van der Waals surface area contributed by atoms with Crippen LogP contribution in [0.5, 0.6) is 5.75 Å². The predicted molar refractivity (Wildman–Crippen MR) is 103 cm³/mol. The number of carbonyl (C=O) groups excluding carboxylic acids is 2. The Morgan fingerprint density at radius 3 is 2.62 bits per heavy atom. The van der Waals surface area contributed by atoms with Crippen molar-refractivity contribution < 1.29 is 14.3 Å². The van der Waals surface area contributed by atoms with Gasteiger partial charge in [0.25, 0.3) is 5.91 Å². The first-order chi connectivity index (χ1) is 12.3. The Labute approximate surface area is 154 Å². The van der Waals surface area contributed by atoms with Crippen molar-refractivity contribution in [2.75, 3.05) is 16.8 Å². The molecule has 0 atom stereocenters. The van der Waals surface area contributed by atoms with Gasteiger partial charge in [-0.05, 0) is 57.0 Å². The van der Waals surface area contributed by atoms with Crippen LogP contribution in [0.2, 0.25) is 0 Å². The van der Waals surface area contributed by atoms with Gasteiger partial charge in [0.2, 0.25) is 5.91 Å². The van der Waals surface area contributed by atoms with Crippen molar-refractivity contribution in [1.29, 1.82) is 0 Å². The zero-order valence-electron chi connectivity index (χ0n) is 15.6. The summed E-state index contributed by atoms with van der Waals surface area (Å²) in [6, 6.07) is 13.4. The molecule has 0 saturated carbocycles. The summed E-state index contributed by atoms with van der Waals surface area (Å²) < 4.78 is 5.84. The maximum atomic E-state index is 12.8. The van der Waals surface area contributed by atoms with Crippen LogP contribution in [0.4, 0.5) is 11.4 Å². The molecule has 0 saturated heterocycles. The second-order valence-corrected chi connectivity index (χ2v) is 7.15. The number of rotatable bonds is 4. The molecular formula is C21H24N2O3. The second kappa shape index (κ2) is 6.83. The lowest BCUT2D eigenvalue weighted by molar-refractivity contribution is -0.132. The Kier molecular flexibility index (Phi) is 4.72. The highest BCUT2D eigenvalue weighted by Gasteiger charge is 2.40. The summed E-state index contributed by atoms with van der Waals surface area (Å²) in [5.41, 5.74) is 2.61. The van der Waals surface area contributed by atoms with Gasteiger partial charge >= 0.3 is 0 Å². The lowest BCUT2D eigenvalue weighted by Crippen LogP contribution is -2.53. The van der Waals surface area contributed by atoms with Crippen molar-refractivity contribution in [3.8, 4) is 5.75 Å². The topological polar surface area (TPSA) is 58.6 Å². The van der Waals surface area contributed by atoms with Gasteiger partial charge in [-0.15, -0.1) is 0 Å². The molecule has 1 heterocycles. The fraction of sp³-hybridized carbons (Fsp3) is 0.333. The Hall–Kier alpha value is -2.82. The quantitative estimate of drug-likeness (QED) is 0.910. The van der Waals surface area contributed by atoms with Gasteiger partial charge in [0, 0.05) is 18.7 Å². The zero-order valence-corrected chi connectivity index (χ0v) is 15.6. The first kappa shape index (κ1) is 18.0. The number of fused-ring (bicyclic) bond motifs is 1. The Bertz CT molecular complexity index is 858. The Morgan fingerprint density at radius 1 is 1.15 bits per heavy atom. The fourth-order valence-corrected chi connectivity index (χ4v) is 3.04. The SMILES string of the molecule is Cc1ccc2c(c1)N(CCC(=O)Nc1ccccc1C)C(=O)C(C)(C)O2. The van der Waals surface area contributed by atoms with Crippen LogP contribution in [0.3, 0.4) is 0 Å². The van der Waals surface area contributed by atoms with E-state index in [-0.39, 0.29) is 18.2 Å². The van der Waals surface area contributed by atoms with Crippen molar-refractivity contribution in [2.24, 2.45) is 0 Å². The van der Waals surface area contributed by atoms with Crippen LogP contribution in [-0.2, 0) is 9.59 Å². The molecule has 0 aromatic heterocycles. The van der Waals surface area contributed by atoms with Gasteiger partial charge in [-0.2, -0.15) is 0 Å². The second-order valence-electron chi connectivity index (χ2n) is 7.15. The smallest absolute Gasteiger partial charge is 0.270 e. The normalized spacial score (nSPS) is 15.2. The number of nitrogens with zero attached hydrogens (tertiary/aromatic N) is 1. The van der Waals surface area contributed by atoms with Crippen molar-refractivity contribution in [2.45, 2.75) is 39.7 Å². The van der Waals surface area contributed by atoms with Crippen LogP contribution in [0.1, 0.15) is 31.4 Å². The number of hydrogen-bond acceptors (Lipinski definition) is 3. The largest absolute Gasteiger partial charge is 0.476 e. The summed E-state index contributed by atoms with van der Waals surface area (Å²) in [5.74, 6) is 0.407. The standard InChI is InChI=1S/C21H24N2O3/c1-14-9-10-18-17(13-14)23(20(25)21(3,4)26-18)12-11-19(24)22-16-8-6-5-7-15(16)2/h5-10,13H,11-12H2,1-4H3,(H,22,24). The lowest BCUT2D eigenvalue weighted by atomic mass is 10.0. The van der Waals surface area contributed by atoms with E-state index in [0.29, 0.717) is 12.3 Å². The maximum absolute atomic E-state index is 12.8. The molecule has 2 amide bonds. The first-order valence-corrected chi connectivity index (χ1v) is 8.75. The van der Waals surface area contributed by atoms with E-state index in [1.165, 1.54) is 0 Å². The molecule has 1 N–H and O–H groups in total. The molecule has 1 aliphatic rings. The summed E-state index contributed by atoms with van der Waals surface area (Å²) in [7, 11) is 0. The summed E-state index contributed by atoms with van der Waals surface area (Å²) >= 11 is 0. The predicted octanol–water partition coefficient (Wildman–Crippen LogP) is 3.84. The zero-order chi connectivity index (χ0) is 18.9. The number of carbonyl (C=O) groups is 2. The van der Waals surface area contributed by atoms with E-state index in [0.717, 1.165) is 22.5 Å². The van der Waals surface area contributed by atoms with Gasteiger partial charge < -0.3 is 15.0 Å². The van der Waals surface area contributed by atoms with Crippen molar-refractivity contribution in [3.63, 3.8) is 0 Å². The number of benzene rings is 2. The van der Waals surface area contributed by atoms with E-state index >= 15 is 0 Å². The average Bonchev–Trinajstić information content (AvgIpc) is 2.58. The molecule has 1 aliphatic heterocycles. The van der Waals surface area contributed by atoms with E-state index in [4.69, 9.17) is 4.74 Å². The molecule has 136 valence electrons. The first-order valence-electron chi connectivity index (χ1n) is 8.75. The van der Waals surface area contributed by atoms with E-state index in [1.54, 1.807) is 18.7 Å². The third kappa shape index (κ3) is 3.57. The Morgan fingerprint density at radius 2 is 1.88 bits per heavy atom. The molecule has 2 aromatic carbocycles. The summed E-state index contributed by atoms with van der Waals surface area (Å²) in [4.78, 5) is 26.8. The van der Waals surface area contributed by atoms with E-state index < -0.39 is 5.60 Å². The van der Waals surface area contributed by atoms with Crippen LogP contribution in [-0.4, -0.2) is 24.0 Å². The third-order valence-corrected chi connectivity index (χ3v) is 4.51. The average molecular weight is 352 g/mol. The molecule has 26 heavy (non-hydrogen) atoms. The molecule has 0 radical (unpaired) electrons. The molecule has 0 spiro atoms. The van der Waals surface area contributed by atoms with Crippen LogP contribution in [0.25, 0.3) is 0 Å². The minimum Gasteiger partial charge on any atom is -0.476 e. The van der Waals surface area contributed by atoms with Crippen LogP contribution in [0, 0.1) is 13.8 Å². The molecule has 5 nitrogen and oxygen atoms in total. The number of nitrogens with one attached hydrogen (secondary N) is 1. The van der Waals surface area contributed by atoms with Gasteiger partial charge in [-0.25, -0.2) is 0 Å². The third-order valence-electron chi connectivity index (χ3n) is 4.51. The van der Waals surface area contributed by atoms with Crippen molar-refractivity contribution >= 4 is 23.2 Å².